The molecule has 112 valence electrons. The third kappa shape index (κ3) is 1.46. The van der Waals surface area contributed by atoms with Gasteiger partial charge in [0.2, 0.25) is 0 Å². The molecule has 1 aliphatic carbocycles. The molecule has 1 spiro atoms. The van der Waals surface area contributed by atoms with E-state index in [1.807, 2.05) is 0 Å². The van der Waals surface area contributed by atoms with Gasteiger partial charge >= 0.3 is 5.97 Å². The van der Waals surface area contributed by atoms with Crippen LogP contribution < -0.4 is 4.74 Å². The molecule has 4 aliphatic rings. The van der Waals surface area contributed by atoms with Crippen LogP contribution >= 0.6 is 0 Å². The van der Waals surface area contributed by atoms with Crippen LogP contribution in [0.2, 0.25) is 0 Å². The van der Waals surface area contributed by atoms with Crippen molar-refractivity contribution in [2.24, 2.45) is 4.99 Å². The molecule has 0 fully saturated rings. The van der Waals surface area contributed by atoms with Crippen LogP contribution in [0.25, 0.3) is 6.08 Å². The summed E-state index contributed by atoms with van der Waals surface area (Å²) in [6, 6.07) is 3.46. The Bertz CT molecular complexity index is 983. The Morgan fingerprint density at radius 2 is 2.13 bits per heavy atom. The average molecular weight is 323 g/mol. The van der Waals surface area contributed by atoms with Gasteiger partial charge in [-0.05, 0) is 29.8 Å². The maximum atomic E-state index is 12.6. The lowest BCUT2D eigenvalue weighted by atomic mass is 9.75. The molecule has 0 saturated heterocycles. The zero-order chi connectivity index (χ0) is 15.8. The van der Waals surface area contributed by atoms with Gasteiger partial charge in [0.05, 0.1) is 21.4 Å². The second-order valence-electron chi connectivity index (χ2n) is 5.76. The van der Waals surface area contributed by atoms with Crippen LogP contribution in [0.3, 0.4) is 0 Å². The van der Waals surface area contributed by atoms with E-state index in [-0.39, 0.29) is 12.2 Å². The number of carbonyl (C=O) groups excluding carboxylic acids is 2. The first-order valence-electron chi connectivity index (χ1n) is 7.10. The minimum atomic E-state index is -1.23. The molecule has 5 nitrogen and oxygen atoms in total. The molecule has 1 aromatic rings. The van der Waals surface area contributed by atoms with Crippen molar-refractivity contribution in [2.45, 2.75) is 16.7 Å². The molecule has 23 heavy (non-hydrogen) atoms. The number of ether oxygens (including phenoxy) is 1. The van der Waals surface area contributed by atoms with E-state index in [1.165, 1.54) is 12.3 Å². The lowest BCUT2D eigenvalue weighted by Gasteiger charge is -2.21. The van der Waals surface area contributed by atoms with Crippen LogP contribution in [-0.4, -0.2) is 22.2 Å². The van der Waals surface area contributed by atoms with Crippen LogP contribution in [0.5, 0.6) is 5.75 Å². The molecule has 0 bridgehead atoms. The van der Waals surface area contributed by atoms with E-state index in [1.54, 1.807) is 29.7 Å². The van der Waals surface area contributed by atoms with Gasteiger partial charge in [-0.25, -0.2) is 9.00 Å². The highest BCUT2D eigenvalue weighted by atomic mass is 32.2. The zero-order valence-electron chi connectivity index (χ0n) is 11.7. The van der Waals surface area contributed by atoms with Gasteiger partial charge in [0, 0.05) is 29.2 Å². The molecule has 0 aromatic heterocycles. The number of nitrogens with zero attached hydrogens (tertiary/aromatic N) is 1. The molecule has 6 heteroatoms. The topological polar surface area (TPSA) is 72.8 Å². The van der Waals surface area contributed by atoms with Gasteiger partial charge < -0.3 is 4.74 Å². The first-order chi connectivity index (χ1) is 11.1. The molecule has 1 aromatic carbocycles. The van der Waals surface area contributed by atoms with Crippen molar-refractivity contribution < 1.29 is 18.5 Å². The van der Waals surface area contributed by atoms with Gasteiger partial charge in [0.15, 0.2) is 11.2 Å². The summed E-state index contributed by atoms with van der Waals surface area (Å²) in [6.07, 6.45) is 6.77. The second-order valence-corrected chi connectivity index (χ2v) is 7.07. The Kier molecular flexibility index (Phi) is 2.26. The lowest BCUT2D eigenvalue weighted by Crippen LogP contribution is -2.36. The minimum Gasteiger partial charge on any atom is -0.425 e. The van der Waals surface area contributed by atoms with Gasteiger partial charge in [0.25, 0.3) is 0 Å². The molecule has 0 amide bonds. The zero-order valence-corrected chi connectivity index (χ0v) is 12.6. The van der Waals surface area contributed by atoms with E-state index >= 15 is 0 Å². The van der Waals surface area contributed by atoms with Gasteiger partial charge in [0.1, 0.15) is 5.75 Å². The molecule has 0 radical (unpaired) electrons. The average Bonchev–Trinajstić information content (AvgIpc) is 3.16. The standard InChI is InChI=1S/C17H9NO4S/c19-10-1-2-13-11(6-10)17(8-18-13)12-7-15-9(3-4-23(15)21)5-14(12)22-16(17)20/h2-8H,1H2. The van der Waals surface area contributed by atoms with Crippen LogP contribution in [-0.2, 0) is 25.8 Å². The number of esters is 1. The van der Waals surface area contributed by atoms with E-state index in [9.17, 15) is 13.8 Å². The van der Waals surface area contributed by atoms with Crippen molar-refractivity contribution >= 4 is 34.8 Å². The number of fused-ring (bicyclic) bond motifs is 5. The first kappa shape index (κ1) is 12.9. The number of rotatable bonds is 0. The van der Waals surface area contributed by atoms with E-state index < -0.39 is 22.2 Å². The lowest BCUT2D eigenvalue weighted by molar-refractivity contribution is -0.134. The summed E-state index contributed by atoms with van der Waals surface area (Å²) in [7, 11) is -1.23. The summed E-state index contributed by atoms with van der Waals surface area (Å²) in [5.74, 6) is -0.107. The van der Waals surface area contributed by atoms with Gasteiger partial charge in [-0.2, -0.15) is 0 Å². The summed E-state index contributed by atoms with van der Waals surface area (Å²) < 4.78 is 17.5. The number of allylic oxidation sites excluding steroid dienone is 3. The Labute approximate surface area is 133 Å². The molecule has 0 N–H and O–H groups in total. The second kappa shape index (κ2) is 4.02. The molecule has 2 unspecified atom stereocenters. The highest BCUT2D eigenvalue weighted by Gasteiger charge is 2.55. The molecular weight excluding hydrogens is 314 g/mol. The fourth-order valence-corrected chi connectivity index (χ4v) is 4.43. The van der Waals surface area contributed by atoms with E-state index in [4.69, 9.17) is 4.74 Å². The van der Waals surface area contributed by atoms with Crippen molar-refractivity contribution in [3.8, 4) is 5.75 Å². The summed E-state index contributed by atoms with van der Waals surface area (Å²) in [5, 5.41) is 1.60. The normalized spacial score (nSPS) is 29.3. The smallest absolute Gasteiger partial charge is 0.332 e. The van der Waals surface area contributed by atoms with Crippen LogP contribution in [0.1, 0.15) is 17.5 Å². The van der Waals surface area contributed by atoms with Crippen molar-refractivity contribution in [1.82, 2.24) is 0 Å². The maximum absolute atomic E-state index is 12.6. The molecule has 0 saturated carbocycles. The van der Waals surface area contributed by atoms with Crippen LogP contribution in [0.4, 0.5) is 0 Å². The summed E-state index contributed by atoms with van der Waals surface area (Å²) in [6.45, 7) is 0. The predicted octanol–water partition coefficient (Wildman–Crippen LogP) is 1.80. The largest absolute Gasteiger partial charge is 0.425 e. The van der Waals surface area contributed by atoms with Crippen LogP contribution in [0.15, 0.2) is 50.9 Å². The maximum Gasteiger partial charge on any atom is 0.332 e. The first-order valence-corrected chi connectivity index (χ1v) is 8.31. The number of hydrogen-bond donors (Lipinski definition) is 0. The monoisotopic (exact) mass is 323 g/mol. The van der Waals surface area contributed by atoms with Crippen molar-refractivity contribution in [3.05, 3.63) is 52.1 Å². The predicted molar refractivity (Wildman–Crippen MR) is 83.5 cm³/mol. The third-order valence-corrected chi connectivity index (χ3v) is 5.72. The molecule has 3 heterocycles. The van der Waals surface area contributed by atoms with Gasteiger partial charge in [-0.15, -0.1) is 0 Å². The number of aliphatic imine (C=N–C) groups is 1. The Morgan fingerprint density at radius 1 is 1.26 bits per heavy atom. The van der Waals surface area contributed by atoms with Crippen molar-refractivity contribution in [1.29, 1.82) is 0 Å². The highest BCUT2D eigenvalue weighted by molar-refractivity contribution is 7.88. The van der Waals surface area contributed by atoms with Crippen LogP contribution in [0, 0.1) is 0 Å². The Balaban J connectivity index is 1.79. The quantitative estimate of drug-likeness (QED) is 0.539. The number of benzene rings is 1. The number of hydrogen-bond acceptors (Lipinski definition) is 5. The number of carbonyl (C=O) groups is 2. The Hall–Kier alpha value is -2.60. The highest BCUT2D eigenvalue weighted by Crippen LogP contribution is 2.51. The molecule has 5 rings (SSSR count). The molecule has 3 aliphatic heterocycles. The van der Waals surface area contributed by atoms with E-state index in [2.05, 4.69) is 4.99 Å². The summed E-state index contributed by atoms with van der Waals surface area (Å²) in [5.41, 5.74) is 1.38. The van der Waals surface area contributed by atoms with Crippen molar-refractivity contribution in [3.63, 3.8) is 0 Å². The third-order valence-electron chi connectivity index (χ3n) is 4.55. The van der Waals surface area contributed by atoms with Crippen molar-refractivity contribution in [2.75, 3.05) is 0 Å². The summed E-state index contributed by atoms with van der Waals surface area (Å²) >= 11 is 0. The Morgan fingerprint density at radius 3 is 3.00 bits per heavy atom. The molecular formula is C17H9NO4S. The summed E-state index contributed by atoms with van der Waals surface area (Å²) in [4.78, 5) is 29.4. The minimum absolute atomic E-state index is 0.0683. The van der Waals surface area contributed by atoms with E-state index in [0.29, 0.717) is 27.5 Å². The fraction of sp³-hybridized carbons (Fsp3) is 0.118. The van der Waals surface area contributed by atoms with Gasteiger partial charge in [-0.3, -0.25) is 9.79 Å². The fourth-order valence-electron chi connectivity index (χ4n) is 3.42. The van der Waals surface area contributed by atoms with E-state index in [0.717, 1.165) is 5.56 Å². The molecule has 2 atom stereocenters. The SMILES string of the molecule is O=C1C=C2C(=CC1)N=CC21C(=O)Oc2cc3c(cc21)S(=O)C=C3. The van der Waals surface area contributed by atoms with Gasteiger partial charge in [-0.1, -0.05) is 6.08 Å². The number of ketones is 1.